The molecule has 3 N–H and O–H groups in total. The molecule has 1 aromatic carbocycles. The quantitative estimate of drug-likeness (QED) is 0.714. The van der Waals surface area contributed by atoms with Crippen molar-refractivity contribution >= 4 is 5.91 Å². The number of hydrogen-bond acceptors (Lipinski definition) is 4. The summed E-state index contributed by atoms with van der Waals surface area (Å²) in [7, 11) is 0. The van der Waals surface area contributed by atoms with Gasteiger partial charge < -0.3 is 4.90 Å². The zero-order chi connectivity index (χ0) is 13.0. The number of amides is 1. The molecule has 1 heterocycles. The van der Waals surface area contributed by atoms with E-state index in [1.807, 2.05) is 13.0 Å². The van der Waals surface area contributed by atoms with Crippen LogP contribution < -0.4 is 16.4 Å². The zero-order valence-electron chi connectivity index (χ0n) is 10.2. The average Bonchev–Trinajstić information content (AvgIpc) is 2.89. The Bertz CT molecular complexity index is 420. The molecule has 5 nitrogen and oxygen atoms in total. The number of benzene rings is 1. The number of hydrazine groups is 2. The highest BCUT2D eigenvalue weighted by molar-refractivity contribution is 5.82. The lowest BCUT2D eigenvalue weighted by Crippen LogP contribution is -2.46. The van der Waals surface area contributed by atoms with Crippen LogP contribution in [0.4, 0.5) is 4.39 Å². The molecule has 2 rings (SSSR count). The first-order chi connectivity index (χ1) is 8.70. The molecule has 1 amide bonds. The zero-order valence-corrected chi connectivity index (χ0v) is 10.2. The van der Waals surface area contributed by atoms with Crippen LogP contribution in [-0.4, -0.2) is 29.9 Å². The average molecular weight is 252 g/mol. The van der Waals surface area contributed by atoms with E-state index in [9.17, 15) is 9.18 Å². The van der Waals surface area contributed by atoms with Crippen LogP contribution in [0.3, 0.4) is 0 Å². The fourth-order valence-electron chi connectivity index (χ4n) is 1.91. The van der Waals surface area contributed by atoms with Gasteiger partial charge in [0.15, 0.2) is 0 Å². The molecule has 1 unspecified atom stereocenters. The maximum absolute atomic E-state index is 13.1. The van der Waals surface area contributed by atoms with Gasteiger partial charge in [0, 0.05) is 19.6 Å². The highest BCUT2D eigenvalue weighted by Crippen LogP contribution is 2.08. The Morgan fingerprint density at radius 3 is 3.00 bits per heavy atom. The number of nitrogens with one attached hydrogen (secondary N) is 3. The van der Waals surface area contributed by atoms with Gasteiger partial charge in [0.2, 0.25) is 5.91 Å². The van der Waals surface area contributed by atoms with E-state index in [2.05, 4.69) is 16.4 Å². The number of likely N-dealkylation sites (N-methyl/N-ethyl adjacent to an activating group) is 1. The molecule has 1 aliphatic rings. The second-order valence-electron chi connectivity index (χ2n) is 4.19. The fraction of sp³-hybridized carbons (Fsp3) is 0.417. The molecule has 1 aliphatic heterocycles. The first-order valence-corrected chi connectivity index (χ1v) is 5.97. The molecule has 1 fully saturated rings. The van der Waals surface area contributed by atoms with Crippen molar-refractivity contribution in [2.75, 3.05) is 13.1 Å². The number of hydrogen-bond donors (Lipinski definition) is 3. The van der Waals surface area contributed by atoms with Crippen LogP contribution >= 0.6 is 0 Å². The fourth-order valence-corrected chi connectivity index (χ4v) is 1.91. The summed E-state index contributed by atoms with van der Waals surface area (Å²) < 4.78 is 13.1. The number of halogens is 1. The normalized spacial score (nSPS) is 18.9. The van der Waals surface area contributed by atoms with Gasteiger partial charge in [0.1, 0.15) is 11.9 Å². The van der Waals surface area contributed by atoms with Crippen LogP contribution in [0.5, 0.6) is 0 Å². The predicted octanol–water partition coefficient (Wildman–Crippen LogP) is 0.155. The third-order valence-corrected chi connectivity index (χ3v) is 2.89. The van der Waals surface area contributed by atoms with Gasteiger partial charge in [-0.25, -0.2) is 15.2 Å². The SMILES string of the molecule is CCN(Cc1cccc(F)c1)C(=O)C1CNNN1. The Morgan fingerprint density at radius 2 is 2.39 bits per heavy atom. The summed E-state index contributed by atoms with van der Waals surface area (Å²) in [5, 5.41) is 0. The van der Waals surface area contributed by atoms with E-state index in [0.29, 0.717) is 19.6 Å². The van der Waals surface area contributed by atoms with Crippen molar-refractivity contribution in [3.8, 4) is 0 Å². The van der Waals surface area contributed by atoms with Crippen molar-refractivity contribution in [3.63, 3.8) is 0 Å². The summed E-state index contributed by atoms with van der Waals surface area (Å²) in [5.41, 5.74) is 9.17. The van der Waals surface area contributed by atoms with Crippen LogP contribution in [0.1, 0.15) is 12.5 Å². The highest BCUT2D eigenvalue weighted by Gasteiger charge is 2.26. The van der Waals surface area contributed by atoms with E-state index in [4.69, 9.17) is 0 Å². The van der Waals surface area contributed by atoms with Crippen LogP contribution in [0.15, 0.2) is 24.3 Å². The number of carbonyl (C=O) groups is 1. The Morgan fingerprint density at radius 1 is 1.56 bits per heavy atom. The minimum absolute atomic E-state index is 0.000684. The first-order valence-electron chi connectivity index (χ1n) is 5.97. The summed E-state index contributed by atoms with van der Waals surface area (Å²) >= 11 is 0. The third kappa shape index (κ3) is 3.04. The summed E-state index contributed by atoms with van der Waals surface area (Å²) in [4.78, 5) is 13.9. The minimum Gasteiger partial charge on any atom is -0.337 e. The largest absolute Gasteiger partial charge is 0.337 e. The van der Waals surface area contributed by atoms with Gasteiger partial charge in [-0.05, 0) is 24.6 Å². The molecule has 1 aromatic rings. The highest BCUT2D eigenvalue weighted by atomic mass is 19.1. The van der Waals surface area contributed by atoms with Crippen molar-refractivity contribution in [2.45, 2.75) is 19.5 Å². The predicted molar refractivity (Wildman–Crippen MR) is 65.6 cm³/mol. The number of carbonyl (C=O) groups excluding carboxylic acids is 1. The van der Waals surface area contributed by atoms with E-state index >= 15 is 0 Å². The Hall–Kier alpha value is -1.50. The van der Waals surface area contributed by atoms with Gasteiger partial charge in [-0.15, -0.1) is 0 Å². The molecule has 0 bridgehead atoms. The van der Waals surface area contributed by atoms with E-state index < -0.39 is 0 Å². The lowest BCUT2D eigenvalue weighted by molar-refractivity contribution is -0.133. The van der Waals surface area contributed by atoms with Crippen molar-refractivity contribution < 1.29 is 9.18 Å². The Balaban J connectivity index is 2.02. The first kappa shape index (κ1) is 12.9. The van der Waals surface area contributed by atoms with Gasteiger partial charge in [-0.3, -0.25) is 4.79 Å². The van der Waals surface area contributed by atoms with Gasteiger partial charge in [-0.2, -0.15) is 5.53 Å². The number of rotatable bonds is 4. The monoisotopic (exact) mass is 252 g/mol. The van der Waals surface area contributed by atoms with E-state index in [1.165, 1.54) is 12.1 Å². The van der Waals surface area contributed by atoms with Gasteiger partial charge in [0.25, 0.3) is 0 Å². The minimum atomic E-state index is -0.279. The maximum Gasteiger partial charge on any atom is 0.242 e. The Labute approximate surface area is 105 Å². The molecule has 18 heavy (non-hydrogen) atoms. The molecule has 1 atom stereocenters. The smallest absolute Gasteiger partial charge is 0.242 e. The van der Waals surface area contributed by atoms with Crippen molar-refractivity contribution in [1.82, 2.24) is 21.3 Å². The molecular formula is C12H17FN4O. The second-order valence-corrected chi connectivity index (χ2v) is 4.19. The van der Waals surface area contributed by atoms with Crippen LogP contribution in [-0.2, 0) is 11.3 Å². The molecule has 0 spiro atoms. The Kier molecular flexibility index (Phi) is 4.24. The standard InChI is InChI=1S/C12H17FN4O/c1-2-17(12(18)11-7-14-16-15-11)8-9-4-3-5-10(13)6-9/h3-6,11,14-16H,2,7-8H2,1H3. The topological polar surface area (TPSA) is 56.4 Å². The molecule has 6 heteroatoms. The molecule has 1 saturated heterocycles. The van der Waals surface area contributed by atoms with Crippen LogP contribution in [0.2, 0.25) is 0 Å². The lowest BCUT2D eigenvalue weighted by atomic mass is 10.2. The van der Waals surface area contributed by atoms with Gasteiger partial charge >= 0.3 is 0 Å². The molecule has 0 radical (unpaired) electrons. The third-order valence-electron chi connectivity index (χ3n) is 2.89. The molecular weight excluding hydrogens is 235 g/mol. The summed E-state index contributed by atoms with van der Waals surface area (Å²) in [6, 6.07) is 6.04. The molecule has 98 valence electrons. The van der Waals surface area contributed by atoms with Gasteiger partial charge in [0.05, 0.1) is 0 Å². The summed E-state index contributed by atoms with van der Waals surface area (Å²) in [5.74, 6) is -0.280. The molecule has 0 aliphatic carbocycles. The van der Waals surface area contributed by atoms with Crippen LogP contribution in [0, 0.1) is 5.82 Å². The molecule has 0 saturated carbocycles. The molecule has 0 aromatic heterocycles. The van der Waals surface area contributed by atoms with Crippen LogP contribution in [0.25, 0.3) is 0 Å². The maximum atomic E-state index is 13.1. The van der Waals surface area contributed by atoms with Crippen molar-refractivity contribution in [3.05, 3.63) is 35.6 Å². The van der Waals surface area contributed by atoms with Crippen molar-refractivity contribution in [2.24, 2.45) is 0 Å². The lowest BCUT2D eigenvalue weighted by Gasteiger charge is -2.23. The summed E-state index contributed by atoms with van der Waals surface area (Å²) in [6.07, 6.45) is 0. The second kappa shape index (κ2) is 5.90. The van der Waals surface area contributed by atoms with E-state index in [-0.39, 0.29) is 17.8 Å². The number of nitrogens with zero attached hydrogens (tertiary/aromatic N) is 1. The van der Waals surface area contributed by atoms with Crippen molar-refractivity contribution in [1.29, 1.82) is 0 Å². The van der Waals surface area contributed by atoms with E-state index in [1.54, 1.807) is 11.0 Å². The van der Waals surface area contributed by atoms with E-state index in [0.717, 1.165) is 5.56 Å². The summed E-state index contributed by atoms with van der Waals surface area (Å²) in [6.45, 7) is 3.46. The van der Waals surface area contributed by atoms with Gasteiger partial charge in [-0.1, -0.05) is 12.1 Å².